The Kier molecular flexibility index (Phi) is 9.58. The molecule has 0 bridgehead atoms. The number of amides is 2. The van der Waals surface area contributed by atoms with Gasteiger partial charge >= 0.3 is 0 Å². The molecule has 3 aromatic carbocycles. The summed E-state index contributed by atoms with van der Waals surface area (Å²) in [5.74, 6) is -0.369. The number of hydrogen-bond donors (Lipinski definition) is 1. The lowest BCUT2D eigenvalue weighted by molar-refractivity contribution is -0.137. The minimum atomic E-state index is -4.17. The Labute approximate surface area is 285 Å². The Hall–Kier alpha value is -4.66. The van der Waals surface area contributed by atoms with Gasteiger partial charge in [0.05, 0.1) is 22.4 Å². The van der Waals surface area contributed by atoms with Gasteiger partial charge in [0.15, 0.2) is 5.60 Å². The van der Waals surface area contributed by atoms with E-state index in [0.29, 0.717) is 24.4 Å². The molecule has 4 aromatic rings. The zero-order chi connectivity index (χ0) is 33.9. The van der Waals surface area contributed by atoms with Gasteiger partial charge in [0.25, 0.3) is 15.9 Å². The number of ether oxygens (including phenoxy) is 1. The van der Waals surface area contributed by atoms with Crippen LogP contribution in [0.1, 0.15) is 50.7 Å². The average molecular weight is 683 g/mol. The number of sulfonamides is 1. The van der Waals surface area contributed by atoms with E-state index >= 15 is 0 Å². The van der Waals surface area contributed by atoms with Crippen LogP contribution >= 0.6 is 11.3 Å². The number of rotatable bonds is 11. The smallest absolute Gasteiger partial charge is 0.277 e. The lowest BCUT2D eigenvalue weighted by Gasteiger charge is -2.36. The minimum Gasteiger partial charge on any atom is -0.478 e. The molecule has 2 fully saturated rings. The first-order chi connectivity index (χ1) is 23.0. The zero-order valence-electron chi connectivity index (χ0n) is 27.0. The number of benzene rings is 3. The molecule has 2 aliphatic rings. The summed E-state index contributed by atoms with van der Waals surface area (Å²) < 4.78 is 33.8. The Balaban J connectivity index is 1.09. The molecule has 1 aliphatic heterocycles. The minimum absolute atomic E-state index is 0.130. The van der Waals surface area contributed by atoms with Crippen LogP contribution in [-0.4, -0.2) is 49.9 Å². The Bertz CT molecular complexity index is 1910. The molecule has 0 spiro atoms. The molecular formula is C37H38N4O5S2. The summed E-state index contributed by atoms with van der Waals surface area (Å²) in [4.78, 5) is 32.4. The summed E-state index contributed by atoms with van der Waals surface area (Å²) >= 11 is 1.71. The molecule has 6 rings (SSSR count). The fourth-order valence-corrected chi connectivity index (χ4v) is 7.77. The van der Waals surface area contributed by atoms with E-state index in [1.807, 2.05) is 24.3 Å². The SMILES string of the molecule is CC(C)(Oc1cccc(N2CCC[C@H](C(=O)N(Cc3ccc(-c4cccs4)cc3)C3CC3)C2)c1)C(=O)NS(=O)(=O)c1ccc(C#N)cc1. The van der Waals surface area contributed by atoms with Crippen LogP contribution in [0, 0.1) is 17.2 Å². The molecular weight excluding hydrogens is 645 g/mol. The van der Waals surface area contributed by atoms with Crippen molar-refractivity contribution in [3.8, 4) is 22.3 Å². The molecule has 1 aliphatic carbocycles. The first-order valence-corrected chi connectivity index (χ1v) is 18.4. The number of thiophene rings is 1. The van der Waals surface area contributed by atoms with Gasteiger partial charge in [-0.15, -0.1) is 11.3 Å². The maximum absolute atomic E-state index is 14.0. The quantitative estimate of drug-likeness (QED) is 0.196. The maximum atomic E-state index is 14.0. The van der Waals surface area contributed by atoms with Gasteiger partial charge in [-0.25, -0.2) is 13.1 Å². The molecule has 2 amide bonds. The summed E-state index contributed by atoms with van der Waals surface area (Å²) in [6.45, 7) is 4.97. The lowest BCUT2D eigenvalue weighted by Crippen LogP contribution is -2.48. The number of hydrogen-bond acceptors (Lipinski definition) is 8. The van der Waals surface area contributed by atoms with Crippen LogP contribution in [0.5, 0.6) is 5.75 Å². The number of nitrogens with one attached hydrogen (secondary N) is 1. The first kappa shape index (κ1) is 33.2. The van der Waals surface area contributed by atoms with Crippen molar-refractivity contribution < 1.29 is 22.7 Å². The van der Waals surface area contributed by atoms with Crippen LogP contribution in [0.15, 0.2) is 95.2 Å². The first-order valence-electron chi connectivity index (χ1n) is 16.1. The lowest BCUT2D eigenvalue weighted by atomic mass is 9.95. The highest BCUT2D eigenvalue weighted by Gasteiger charge is 2.38. The largest absolute Gasteiger partial charge is 0.478 e. The van der Waals surface area contributed by atoms with Crippen molar-refractivity contribution in [2.24, 2.45) is 5.92 Å². The fraction of sp³-hybridized carbons (Fsp3) is 0.324. The summed E-state index contributed by atoms with van der Waals surface area (Å²) in [6.07, 6.45) is 3.77. The Morgan fingerprint density at radius 1 is 1.02 bits per heavy atom. The number of piperidine rings is 1. The molecule has 248 valence electrons. The van der Waals surface area contributed by atoms with Gasteiger partial charge in [0.2, 0.25) is 5.91 Å². The van der Waals surface area contributed by atoms with E-state index < -0.39 is 21.5 Å². The number of nitrogens with zero attached hydrogens (tertiary/aromatic N) is 3. The van der Waals surface area contributed by atoms with Crippen molar-refractivity contribution in [2.75, 3.05) is 18.0 Å². The predicted octanol–water partition coefficient (Wildman–Crippen LogP) is 6.36. The summed E-state index contributed by atoms with van der Waals surface area (Å²) in [5, 5.41) is 11.1. The number of carbonyl (C=O) groups excluding carboxylic acids is 2. The van der Waals surface area contributed by atoms with Crippen LogP contribution in [0.2, 0.25) is 0 Å². The number of nitriles is 1. The molecule has 11 heteroatoms. The molecule has 0 unspecified atom stereocenters. The van der Waals surface area contributed by atoms with E-state index in [0.717, 1.165) is 43.5 Å². The van der Waals surface area contributed by atoms with E-state index in [2.05, 4.69) is 56.3 Å². The average Bonchev–Trinajstić information content (AvgIpc) is 3.79. The van der Waals surface area contributed by atoms with Crippen LogP contribution < -0.4 is 14.4 Å². The third kappa shape index (κ3) is 7.72. The molecule has 0 radical (unpaired) electrons. The van der Waals surface area contributed by atoms with Crippen LogP contribution in [0.25, 0.3) is 10.4 Å². The monoisotopic (exact) mass is 682 g/mol. The summed E-state index contributed by atoms with van der Waals surface area (Å²) in [7, 11) is -4.17. The van der Waals surface area contributed by atoms with Crippen molar-refractivity contribution in [3.63, 3.8) is 0 Å². The van der Waals surface area contributed by atoms with E-state index in [1.54, 1.807) is 17.4 Å². The third-order valence-electron chi connectivity index (χ3n) is 8.78. The molecule has 2 heterocycles. The maximum Gasteiger partial charge on any atom is 0.277 e. The van der Waals surface area contributed by atoms with Gasteiger partial charge in [-0.2, -0.15) is 5.26 Å². The highest BCUT2D eigenvalue weighted by molar-refractivity contribution is 7.90. The van der Waals surface area contributed by atoms with Gasteiger partial charge in [0, 0.05) is 42.3 Å². The van der Waals surface area contributed by atoms with Crippen molar-refractivity contribution in [3.05, 3.63) is 101 Å². The third-order valence-corrected chi connectivity index (χ3v) is 11.0. The molecule has 9 nitrogen and oxygen atoms in total. The van der Waals surface area contributed by atoms with E-state index in [1.165, 1.54) is 48.6 Å². The fourth-order valence-electron chi connectivity index (χ4n) is 5.93. The van der Waals surface area contributed by atoms with Crippen molar-refractivity contribution in [1.29, 1.82) is 5.26 Å². The summed E-state index contributed by atoms with van der Waals surface area (Å²) in [5.41, 5.74) is 1.97. The van der Waals surface area contributed by atoms with E-state index in [4.69, 9.17) is 10.00 Å². The molecule has 1 saturated carbocycles. The second-order valence-electron chi connectivity index (χ2n) is 12.8. The van der Waals surface area contributed by atoms with E-state index in [9.17, 15) is 18.0 Å². The van der Waals surface area contributed by atoms with Crippen LogP contribution in [0.4, 0.5) is 5.69 Å². The van der Waals surface area contributed by atoms with Crippen LogP contribution in [-0.2, 0) is 26.2 Å². The second-order valence-corrected chi connectivity index (χ2v) is 15.5. The standard InChI is InChI=1S/C37H38N4O5S2/c1-37(2,36(43)39-48(44,45)33-18-12-26(23-38)13-19-33)46-32-8-3-7-31(22-32)40-20-4-6-29(25-40)35(42)41(30-16-17-30)24-27-10-14-28(15-11-27)34-9-5-21-47-34/h3,5,7-15,18-19,21-22,29-30H,4,6,16-17,20,24-25H2,1-2H3,(H,39,43)/t29-/m0/s1. The molecule has 1 N–H and O–H groups in total. The van der Waals surface area contributed by atoms with Gasteiger partial charge in [-0.1, -0.05) is 36.4 Å². The number of anilines is 1. The van der Waals surface area contributed by atoms with Gasteiger partial charge in [0.1, 0.15) is 5.75 Å². The molecule has 1 atom stereocenters. The van der Waals surface area contributed by atoms with Crippen molar-refractivity contribution >= 4 is 38.9 Å². The topological polar surface area (TPSA) is 120 Å². The Morgan fingerprint density at radius 2 is 1.77 bits per heavy atom. The number of carbonyl (C=O) groups is 2. The normalized spacial score (nSPS) is 16.5. The molecule has 48 heavy (non-hydrogen) atoms. The Morgan fingerprint density at radius 3 is 2.44 bits per heavy atom. The van der Waals surface area contributed by atoms with E-state index in [-0.39, 0.29) is 22.8 Å². The van der Waals surface area contributed by atoms with Crippen LogP contribution in [0.3, 0.4) is 0 Å². The second kappa shape index (κ2) is 13.8. The van der Waals surface area contributed by atoms with Gasteiger partial charge in [-0.05, 0) is 98.5 Å². The predicted molar refractivity (Wildman–Crippen MR) is 186 cm³/mol. The summed E-state index contributed by atoms with van der Waals surface area (Å²) in [6, 6.07) is 27.5. The zero-order valence-corrected chi connectivity index (χ0v) is 28.6. The highest BCUT2D eigenvalue weighted by atomic mass is 32.2. The molecule has 1 aromatic heterocycles. The van der Waals surface area contributed by atoms with Gasteiger partial charge < -0.3 is 14.5 Å². The van der Waals surface area contributed by atoms with Gasteiger partial charge in [-0.3, -0.25) is 9.59 Å². The van der Waals surface area contributed by atoms with Crippen molar-refractivity contribution in [1.82, 2.24) is 9.62 Å². The molecule has 1 saturated heterocycles. The van der Waals surface area contributed by atoms with Crippen molar-refractivity contribution in [2.45, 2.75) is 62.6 Å². The highest BCUT2D eigenvalue weighted by Crippen LogP contribution is 2.34.